The van der Waals surface area contributed by atoms with Crippen molar-refractivity contribution >= 4 is 22.6 Å². The van der Waals surface area contributed by atoms with E-state index < -0.39 is 6.04 Å². The minimum absolute atomic E-state index is 0.248. The number of hydrogen-bond donors (Lipinski definition) is 2. The Labute approximate surface area is 174 Å². The maximum atomic E-state index is 12.9. The molecule has 0 aliphatic rings. The van der Waals surface area contributed by atoms with Crippen molar-refractivity contribution in [3.8, 4) is 0 Å². The van der Waals surface area contributed by atoms with Crippen molar-refractivity contribution in [2.45, 2.75) is 19.1 Å². The molecule has 0 fully saturated rings. The van der Waals surface area contributed by atoms with Gasteiger partial charge in [0.1, 0.15) is 6.04 Å². The molecule has 6 nitrogen and oxygen atoms in total. The Morgan fingerprint density at radius 3 is 2.47 bits per heavy atom. The lowest BCUT2D eigenvalue weighted by Gasteiger charge is -2.19. The fraction of sp³-hybridized carbons (Fsp3) is 0.125. The topological polar surface area (TPSA) is 76.0 Å². The van der Waals surface area contributed by atoms with Gasteiger partial charge >= 0.3 is 0 Å². The van der Waals surface area contributed by atoms with Gasteiger partial charge < -0.3 is 15.2 Å². The van der Waals surface area contributed by atoms with E-state index in [9.17, 15) is 9.59 Å². The van der Waals surface area contributed by atoms with E-state index in [4.69, 9.17) is 0 Å². The smallest absolute Gasteiger partial charge is 0.252 e. The number of carbonyl (C=O) groups excluding carboxylic acids is 2. The molecule has 30 heavy (non-hydrogen) atoms. The standard InChI is InChI=1S/C24H22N4O2/c29-23(21-11-10-19-8-4-5-9-20(19)14-21)27-22(16-28-13-12-25-17-28)24(30)26-15-18-6-2-1-3-7-18/h1-14,17,22H,15-16H2,(H,26,30)(H,27,29)/t22-/m0/s1. The van der Waals surface area contributed by atoms with E-state index in [1.807, 2.05) is 66.7 Å². The van der Waals surface area contributed by atoms with Gasteiger partial charge in [-0.3, -0.25) is 9.59 Å². The number of benzene rings is 3. The molecular weight excluding hydrogens is 376 g/mol. The molecule has 150 valence electrons. The van der Waals surface area contributed by atoms with Crippen LogP contribution in [-0.2, 0) is 17.9 Å². The lowest BCUT2D eigenvalue weighted by atomic mass is 10.1. The molecule has 1 atom stereocenters. The molecule has 3 aromatic carbocycles. The van der Waals surface area contributed by atoms with Crippen LogP contribution < -0.4 is 10.6 Å². The molecule has 1 aromatic heterocycles. The normalized spacial score (nSPS) is 11.7. The summed E-state index contributed by atoms with van der Waals surface area (Å²) in [4.78, 5) is 29.8. The van der Waals surface area contributed by atoms with Crippen molar-refractivity contribution in [3.05, 3.63) is 103 Å². The number of fused-ring (bicyclic) bond motifs is 1. The molecule has 0 spiro atoms. The first-order valence-electron chi connectivity index (χ1n) is 9.76. The summed E-state index contributed by atoms with van der Waals surface area (Å²) in [5.41, 5.74) is 1.51. The Morgan fingerprint density at radius 2 is 1.70 bits per heavy atom. The molecule has 6 heteroatoms. The summed E-state index contributed by atoms with van der Waals surface area (Å²) in [5.74, 6) is -0.539. The van der Waals surface area contributed by atoms with E-state index in [0.29, 0.717) is 18.7 Å². The summed E-state index contributed by atoms with van der Waals surface area (Å²) in [6.45, 7) is 0.686. The zero-order valence-electron chi connectivity index (χ0n) is 16.4. The monoisotopic (exact) mass is 398 g/mol. The molecule has 2 N–H and O–H groups in total. The Morgan fingerprint density at radius 1 is 0.933 bits per heavy atom. The Balaban J connectivity index is 1.49. The van der Waals surface area contributed by atoms with Gasteiger partial charge in [0, 0.05) is 24.5 Å². The first-order valence-corrected chi connectivity index (χ1v) is 9.76. The lowest BCUT2D eigenvalue weighted by Crippen LogP contribution is -2.48. The molecule has 0 aliphatic carbocycles. The third-order valence-corrected chi connectivity index (χ3v) is 4.90. The van der Waals surface area contributed by atoms with Gasteiger partial charge in [-0.25, -0.2) is 4.98 Å². The number of nitrogens with one attached hydrogen (secondary N) is 2. The van der Waals surface area contributed by atoms with Crippen molar-refractivity contribution in [2.24, 2.45) is 0 Å². The van der Waals surface area contributed by atoms with Crippen LogP contribution in [0.15, 0.2) is 91.5 Å². The van der Waals surface area contributed by atoms with Crippen molar-refractivity contribution in [2.75, 3.05) is 0 Å². The molecule has 4 rings (SSSR count). The maximum Gasteiger partial charge on any atom is 0.252 e. The minimum Gasteiger partial charge on any atom is -0.350 e. The minimum atomic E-state index is -0.734. The van der Waals surface area contributed by atoms with Crippen LogP contribution in [-0.4, -0.2) is 27.4 Å². The maximum absolute atomic E-state index is 12.9. The van der Waals surface area contributed by atoms with Crippen LogP contribution in [0.1, 0.15) is 15.9 Å². The number of nitrogens with zero attached hydrogens (tertiary/aromatic N) is 2. The van der Waals surface area contributed by atoms with E-state index in [0.717, 1.165) is 16.3 Å². The van der Waals surface area contributed by atoms with Gasteiger partial charge in [-0.15, -0.1) is 0 Å². The van der Waals surface area contributed by atoms with Crippen LogP contribution in [0.4, 0.5) is 0 Å². The lowest BCUT2D eigenvalue weighted by molar-refractivity contribution is -0.123. The number of rotatable bonds is 7. The number of imidazole rings is 1. The zero-order valence-corrected chi connectivity index (χ0v) is 16.4. The number of hydrogen-bond acceptors (Lipinski definition) is 3. The second-order valence-electron chi connectivity index (χ2n) is 7.05. The summed E-state index contributed by atoms with van der Waals surface area (Å²) in [6.07, 6.45) is 5.03. The van der Waals surface area contributed by atoms with Gasteiger partial charge in [-0.2, -0.15) is 0 Å². The molecule has 4 aromatic rings. The summed E-state index contributed by atoms with van der Waals surface area (Å²) in [5, 5.41) is 7.82. The Bertz CT molecular complexity index is 1140. The average molecular weight is 398 g/mol. The highest BCUT2D eigenvalue weighted by molar-refractivity contribution is 6.00. The highest BCUT2D eigenvalue weighted by Crippen LogP contribution is 2.15. The van der Waals surface area contributed by atoms with Crippen molar-refractivity contribution in [3.63, 3.8) is 0 Å². The van der Waals surface area contributed by atoms with Gasteiger partial charge in [-0.05, 0) is 28.5 Å². The van der Waals surface area contributed by atoms with Crippen LogP contribution in [0, 0.1) is 0 Å². The highest BCUT2D eigenvalue weighted by Gasteiger charge is 2.22. The number of carbonyl (C=O) groups is 2. The Kier molecular flexibility index (Phi) is 5.85. The SMILES string of the molecule is O=C(N[C@@H](Cn1ccnc1)C(=O)NCc1ccccc1)c1ccc2ccccc2c1. The second kappa shape index (κ2) is 9.05. The molecule has 0 unspecified atom stereocenters. The molecule has 0 saturated heterocycles. The molecule has 2 amide bonds. The number of aromatic nitrogens is 2. The third kappa shape index (κ3) is 4.72. The van der Waals surface area contributed by atoms with Crippen molar-refractivity contribution < 1.29 is 9.59 Å². The molecule has 0 saturated carbocycles. The molecular formula is C24H22N4O2. The fourth-order valence-electron chi connectivity index (χ4n) is 3.28. The predicted molar refractivity (Wildman–Crippen MR) is 116 cm³/mol. The van der Waals surface area contributed by atoms with Crippen LogP contribution >= 0.6 is 0 Å². The molecule has 0 radical (unpaired) electrons. The van der Waals surface area contributed by atoms with Crippen LogP contribution in [0.3, 0.4) is 0 Å². The Hall–Kier alpha value is -3.93. The van der Waals surface area contributed by atoms with Crippen molar-refractivity contribution in [1.82, 2.24) is 20.2 Å². The third-order valence-electron chi connectivity index (χ3n) is 4.90. The largest absolute Gasteiger partial charge is 0.350 e. The molecule has 0 bridgehead atoms. The summed E-state index contributed by atoms with van der Waals surface area (Å²) in [6, 6.07) is 22.3. The van der Waals surface area contributed by atoms with E-state index in [2.05, 4.69) is 15.6 Å². The van der Waals surface area contributed by atoms with E-state index >= 15 is 0 Å². The molecule has 0 aliphatic heterocycles. The van der Waals surface area contributed by atoms with Gasteiger partial charge in [0.2, 0.25) is 5.91 Å². The van der Waals surface area contributed by atoms with Gasteiger partial charge in [-0.1, -0.05) is 60.7 Å². The molecule has 1 heterocycles. The summed E-state index contributed by atoms with van der Waals surface area (Å²) < 4.78 is 1.77. The van der Waals surface area contributed by atoms with E-state index in [1.165, 1.54) is 0 Å². The first-order chi connectivity index (χ1) is 14.7. The van der Waals surface area contributed by atoms with Crippen LogP contribution in [0.2, 0.25) is 0 Å². The van der Waals surface area contributed by atoms with Gasteiger partial charge in [0.25, 0.3) is 5.91 Å². The highest BCUT2D eigenvalue weighted by atomic mass is 16.2. The van der Waals surface area contributed by atoms with E-state index in [1.54, 1.807) is 29.4 Å². The van der Waals surface area contributed by atoms with Gasteiger partial charge in [0.15, 0.2) is 0 Å². The summed E-state index contributed by atoms with van der Waals surface area (Å²) >= 11 is 0. The number of amides is 2. The van der Waals surface area contributed by atoms with Crippen LogP contribution in [0.5, 0.6) is 0 Å². The second-order valence-corrected chi connectivity index (χ2v) is 7.05. The van der Waals surface area contributed by atoms with E-state index in [-0.39, 0.29) is 11.8 Å². The average Bonchev–Trinajstić information content (AvgIpc) is 3.30. The van der Waals surface area contributed by atoms with Gasteiger partial charge in [0.05, 0.1) is 12.9 Å². The predicted octanol–water partition coefficient (Wildman–Crippen LogP) is 3.15. The fourth-order valence-corrected chi connectivity index (χ4v) is 3.28. The van der Waals surface area contributed by atoms with Crippen LogP contribution in [0.25, 0.3) is 10.8 Å². The van der Waals surface area contributed by atoms with Crippen molar-refractivity contribution in [1.29, 1.82) is 0 Å². The quantitative estimate of drug-likeness (QED) is 0.502. The zero-order chi connectivity index (χ0) is 20.8. The first kappa shape index (κ1) is 19.4. The summed E-state index contributed by atoms with van der Waals surface area (Å²) in [7, 11) is 0.